The van der Waals surface area contributed by atoms with Gasteiger partial charge in [0, 0.05) is 39.4 Å². The van der Waals surface area contributed by atoms with Crippen molar-refractivity contribution < 1.29 is 0 Å². The van der Waals surface area contributed by atoms with Crippen LogP contribution in [0.4, 0.5) is 0 Å². The third-order valence-electron chi connectivity index (χ3n) is 4.61. The number of hydrogen-bond acceptors (Lipinski definition) is 3. The second-order valence-electron chi connectivity index (χ2n) is 7.22. The number of guanidine groups is 1. The van der Waals surface area contributed by atoms with Gasteiger partial charge in [-0.1, -0.05) is 31.5 Å². The lowest BCUT2D eigenvalue weighted by molar-refractivity contribution is 0.140. The molecular weight excluding hydrogens is 334 g/mol. The average molecular weight is 366 g/mol. The molecule has 0 radical (unpaired) electrons. The molecule has 0 amide bonds. The Bertz CT molecular complexity index is 521. The summed E-state index contributed by atoms with van der Waals surface area (Å²) in [5.74, 6) is 2.52. The molecule has 140 valence electrons. The largest absolute Gasteiger partial charge is 0.356 e. The Labute approximate surface area is 157 Å². The van der Waals surface area contributed by atoms with Crippen LogP contribution in [-0.2, 0) is 6.42 Å². The lowest BCUT2D eigenvalue weighted by atomic mass is 9.92. The average Bonchev–Trinajstić information content (AvgIpc) is 2.58. The molecule has 0 aliphatic carbocycles. The third-order valence-corrected chi connectivity index (χ3v) is 4.83. The minimum Gasteiger partial charge on any atom is -0.356 e. The van der Waals surface area contributed by atoms with E-state index in [4.69, 9.17) is 11.6 Å². The van der Waals surface area contributed by atoms with Gasteiger partial charge in [0.25, 0.3) is 0 Å². The highest BCUT2D eigenvalue weighted by Gasteiger charge is 2.20. The summed E-state index contributed by atoms with van der Waals surface area (Å²) in [4.78, 5) is 11.0. The van der Waals surface area contributed by atoms with Crippen molar-refractivity contribution in [3.8, 4) is 0 Å². The zero-order valence-electron chi connectivity index (χ0n) is 15.8. The number of nitrogens with one attached hydrogen (secondary N) is 2. The van der Waals surface area contributed by atoms with E-state index < -0.39 is 0 Å². The Morgan fingerprint density at radius 1 is 1.24 bits per heavy atom. The van der Waals surface area contributed by atoms with Crippen molar-refractivity contribution in [3.05, 3.63) is 29.0 Å². The molecule has 2 unspecified atom stereocenters. The summed E-state index contributed by atoms with van der Waals surface area (Å²) in [7, 11) is 1.81. The van der Waals surface area contributed by atoms with Crippen molar-refractivity contribution in [2.45, 2.75) is 33.1 Å². The topological polar surface area (TPSA) is 52.6 Å². The summed E-state index contributed by atoms with van der Waals surface area (Å²) >= 11 is 5.80. The zero-order valence-corrected chi connectivity index (χ0v) is 16.5. The van der Waals surface area contributed by atoms with Gasteiger partial charge in [0.1, 0.15) is 5.15 Å². The fraction of sp³-hybridized carbons (Fsp3) is 0.684. The number of aliphatic imine (C=N–C) groups is 1. The van der Waals surface area contributed by atoms with Crippen molar-refractivity contribution in [3.63, 3.8) is 0 Å². The highest BCUT2D eigenvalue weighted by molar-refractivity contribution is 6.29. The van der Waals surface area contributed by atoms with Crippen LogP contribution in [0.2, 0.25) is 5.15 Å². The Morgan fingerprint density at radius 2 is 1.96 bits per heavy atom. The van der Waals surface area contributed by atoms with Crippen molar-refractivity contribution in [1.82, 2.24) is 20.5 Å². The van der Waals surface area contributed by atoms with Crippen LogP contribution in [0.25, 0.3) is 0 Å². The monoisotopic (exact) mass is 365 g/mol. The van der Waals surface area contributed by atoms with Crippen LogP contribution >= 0.6 is 11.6 Å². The predicted octanol–water partition coefficient (Wildman–Crippen LogP) is 2.81. The van der Waals surface area contributed by atoms with Crippen LogP contribution in [0.15, 0.2) is 23.3 Å². The normalized spacial score (nSPS) is 22.0. The number of piperidine rings is 1. The molecule has 1 aromatic rings. The molecule has 6 heteroatoms. The van der Waals surface area contributed by atoms with E-state index in [1.54, 1.807) is 0 Å². The fourth-order valence-corrected chi connectivity index (χ4v) is 3.70. The molecule has 5 nitrogen and oxygen atoms in total. The van der Waals surface area contributed by atoms with E-state index in [-0.39, 0.29) is 0 Å². The first kappa shape index (κ1) is 20.0. The maximum Gasteiger partial charge on any atom is 0.190 e. The van der Waals surface area contributed by atoms with Crippen molar-refractivity contribution in [1.29, 1.82) is 0 Å². The molecule has 0 saturated carbocycles. The van der Waals surface area contributed by atoms with Crippen LogP contribution in [0.5, 0.6) is 0 Å². The van der Waals surface area contributed by atoms with Gasteiger partial charge in [-0.2, -0.15) is 0 Å². The van der Waals surface area contributed by atoms with Crippen LogP contribution in [0.1, 0.15) is 32.3 Å². The molecule has 1 fully saturated rings. The molecule has 1 saturated heterocycles. The van der Waals surface area contributed by atoms with Gasteiger partial charge in [-0.25, -0.2) is 4.98 Å². The highest BCUT2D eigenvalue weighted by Crippen LogP contribution is 2.20. The number of pyridine rings is 1. The van der Waals surface area contributed by atoms with E-state index in [0.717, 1.165) is 50.3 Å². The molecule has 2 atom stereocenters. The van der Waals surface area contributed by atoms with E-state index in [9.17, 15) is 0 Å². The second kappa shape index (κ2) is 10.6. The van der Waals surface area contributed by atoms with Gasteiger partial charge in [-0.05, 0) is 49.3 Å². The molecule has 0 spiro atoms. The van der Waals surface area contributed by atoms with Crippen molar-refractivity contribution >= 4 is 17.6 Å². The van der Waals surface area contributed by atoms with E-state index in [0.29, 0.717) is 5.15 Å². The fourth-order valence-electron chi connectivity index (χ4n) is 3.58. The molecular formula is C19H32ClN5. The Kier molecular flexibility index (Phi) is 8.49. The lowest BCUT2D eigenvalue weighted by Crippen LogP contribution is -2.42. The third kappa shape index (κ3) is 7.61. The first-order valence-electron chi connectivity index (χ1n) is 9.34. The van der Waals surface area contributed by atoms with Gasteiger partial charge < -0.3 is 15.5 Å². The summed E-state index contributed by atoms with van der Waals surface area (Å²) in [6.45, 7) is 10.1. The number of halogens is 1. The molecule has 2 heterocycles. The standard InChI is InChI=1S/C19H32ClN5/c1-15-11-16(2)14-25(13-15)10-4-8-22-19(21-3)23-9-7-17-5-6-18(20)24-12-17/h5-6,12,15-16H,4,7-11,13-14H2,1-3H3,(H2,21,22,23). The quantitative estimate of drug-likeness (QED) is 0.337. The molecule has 2 N–H and O–H groups in total. The lowest BCUT2D eigenvalue weighted by Gasteiger charge is -2.35. The number of hydrogen-bond donors (Lipinski definition) is 2. The van der Waals surface area contributed by atoms with E-state index in [1.807, 2.05) is 25.4 Å². The first-order chi connectivity index (χ1) is 12.1. The minimum absolute atomic E-state index is 0.534. The predicted molar refractivity (Wildman–Crippen MR) is 106 cm³/mol. The highest BCUT2D eigenvalue weighted by atomic mass is 35.5. The van der Waals surface area contributed by atoms with Crippen LogP contribution in [-0.4, -0.2) is 55.6 Å². The Morgan fingerprint density at radius 3 is 2.60 bits per heavy atom. The molecule has 25 heavy (non-hydrogen) atoms. The molecule has 1 aliphatic heterocycles. The number of nitrogens with zero attached hydrogens (tertiary/aromatic N) is 3. The van der Waals surface area contributed by atoms with E-state index in [1.165, 1.54) is 25.1 Å². The van der Waals surface area contributed by atoms with Gasteiger partial charge in [0.15, 0.2) is 5.96 Å². The van der Waals surface area contributed by atoms with E-state index >= 15 is 0 Å². The molecule has 1 aliphatic rings. The molecule has 0 bridgehead atoms. The summed E-state index contributed by atoms with van der Waals surface area (Å²) in [6.07, 6.45) is 5.23. The first-order valence-corrected chi connectivity index (χ1v) is 9.72. The van der Waals surface area contributed by atoms with Gasteiger partial charge in [0.05, 0.1) is 0 Å². The number of rotatable bonds is 7. The Hall–Kier alpha value is -1.33. The van der Waals surface area contributed by atoms with Crippen LogP contribution < -0.4 is 10.6 Å². The summed E-state index contributed by atoms with van der Waals surface area (Å²) in [6, 6.07) is 3.83. The van der Waals surface area contributed by atoms with Crippen molar-refractivity contribution in [2.75, 3.05) is 39.8 Å². The Balaban J connectivity index is 1.59. The summed E-state index contributed by atoms with van der Waals surface area (Å²) in [5, 5.41) is 7.29. The van der Waals surface area contributed by atoms with E-state index in [2.05, 4.69) is 39.4 Å². The smallest absolute Gasteiger partial charge is 0.190 e. The van der Waals surface area contributed by atoms with Gasteiger partial charge >= 0.3 is 0 Å². The SMILES string of the molecule is CN=C(NCCCN1CC(C)CC(C)C1)NCCc1ccc(Cl)nc1. The van der Waals surface area contributed by atoms with Gasteiger partial charge in [-0.15, -0.1) is 0 Å². The maximum absolute atomic E-state index is 5.80. The molecule has 0 aromatic carbocycles. The number of likely N-dealkylation sites (tertiary alicyclic amines) is 1. The zero-order chi connectivity index (χ0) is 18.1. The molecule has 2 rings (SSSR count). The summed E-state index contributed by atoms with van der Waals surface area (Å²) < 4.78 is 0. The van der Waals surface area contributed by atoms with Crippen molar-refractivity contribution in [2.24, 2.45) is 16.8 Å². The van der Waals surface area contributed by atoms with Gasteiger partial charge in [-0.3, -0.25) is 4.99 Å². The van der Waals surface area contributed by atoms with Crippen LogP contribution in [0, 0.1) is 11.8 Å². The molecule has 1 aromatic heterocycles. The second-order valence-corrected chi connectivity index (χ2v) is 7.61. The van der Waals surface area contributed by atoms with Crippen LogP contribution in [0.3, 0.4) is 0 Å². The maximum atomic E-state index is 5.80. The minimum atomic E-state index is 0.534. The van der Waals surface area contributed by atoms with Gasteiger partial charge in [0.2, 0.25) is 0 Å². The summed E-state index contributed by atoms with van der Waals surface area (Å²) in [5.41, 5.74) is 1.17. The number of aromatic nitrogens is 1.